The van der Waals surface area contributed by atoms with Gasteiger partial charge in [-0.2, -0.15) is 0 Å². The first-order valence-electron chi connectivity index (χ1n) is 7.12. The molecule has 0 saturated heterocycles. The van der Waals surface area contributed by atoms with Crippen LogP contribution in [-0.2, 0) is 0 Å². The lowest BCUT2D eigenvalue weighted by atomic mass is 9.78. The molecule has 1 saturated carbocycles. The zero-order valence-electron chi connectivity index (χ0n) is 11.8. The van der Waals surface area contributed by atoms with Crippen LogP contribution >= 0.6 is 39.3 Å². The number of hydrogen-bond acceptors (Lipinski definition) is 3. The summed E-state index contributed by atoms with van der Waals surface area (Å²) in [4.78, 5) is 4.92. The van der Waals surface area contributed by atoms with Crippen LogP contribution in [0.2, 0.25) is 5.02 Å². The Hall–Kier alpha value is -0.260. The number of nitrogens with one attached hydrogen (secondary N) is 1. The van der Waals surface area contributed by atoms with Crippen molar-refractivity contribution >= 4 is 50.1 Å². The molecule has 1 heterocycles. The van der Waals surface area contributed by atoms with E-state index < -0.39 is 0 Å². The van der Waals surface area contributed by atoms with Gasteiger partial charge in [0.1, 0.15) is 5.82 Å². The maximum absolute atomic E-state index is 13.3. The van der Waals surface area contributed by atoms with Gasteiger partial charge in [-0.15, -0.1) is 0 Å². The highest BCUT2D eigenvalue weighted by atomic mass is 79.9. The molecule has 114 valence electrons. The minimum atomic E-state index is -0.351. The number of rotatable bonds is 1. The summed E-state index contributed by atoms with van der Waals surface area (Å²) < 4.78 is 13.9. The molecule has 21 heavy (non-hydrogen) atoms. The summed E-state index contributed by atoms with van der Waals surface area (Å²) in [6, 6.07) is 2.72. The highest BCUT2D eigenvalue weighted by Crippen LogP contribution is 2.43. The van der Waals surface area contributed by atoms with Crippen molar-refractivity contribution in [2.45, 2.75) is 38.1 Å². The van der Waals surface area contributed by atoms with Crippen molar-refractivity contribution in [3.05, 3.63) is 27.4 Å². The minimum Gasteiger partial charge on any atom is -0.333 e. The van der Waals surface area contributed by atoms with Gasteiger partial charge in [0.2, 0.25) is 0 Å². The van der Waals surface area contributed by atoms with Gasteiger partial charge in [-0.05, 0) is 46.8 Å². The SMILES string of the molecule is CC1CCCC2(CSC(Nc3c(Cl)cc(F)cc3Br)=N2)C1. The minimum absolute atomic E-state index is 0.0870. The predicted molar refractivity (Wildman–Crippen MR) is 93.0 cm³/mol. The number of nitrogens with zero attached hydrogens (tertiary/aromatic N) is 1. The average Bonchev–Trinajstić information content (AvgIpc) is 2.76. The van der Waals surface area contributed by atoms with E-state index in [1.54, 1.807) is 11.8 Å². The van der Waals surface area contributed by atoms with Crippen molar-refractivity contribution in [3.63, 3.8) is 0 Å². The van der Waals surface area contributed by atoms with Crippen LogP contribution in [0.4, 0.5) is 10.1 Å². The van der Waals surface area contributed by atoms with E-state index >= 15 is 0 Å². The molecule has 1 N–H and O–H groups in total. The molecular weight excluding hydrogens is 375 g/mol. The monoisotopic (exact) mass is 390 g/mol. The molecule has 1 fully saturated rings. The molecule has 3 rings (SSSR count). The van der Waals surface area contributed by atoms with E-state index in [0.29, 0.717) is 15.2 Å². The number of anilines is 1. The predicted octanol–water partition coefficient (Wildman–Crippen LogP) is 5.71. The molecule has 2 aliphatic rings. The Kier molecular flexibility index (Phi) is 4.53. The van der Waals surface area contributed by atoms with E-state index in [0.717, 1.165) is 29.7 Å². The fourth-order valence-electron chi connectivity index (χ4n) is 3.18. The summed E-state index contributed by atoms with van der Waals surface area (Å²) in [7, 11) is 0. The highest BCUT2D eigenvalue weighted by Gasteiger charge is 2.39. The van der Waals surface area contributed by atoms with Gasteiger partial charge >= 0.3 is 0 Å². The molecular formula is C15H17BrClFN2S. The topological polar surface area (TPSA) is 24.4 Å². The average molecular weight is 392 g/mol. The zero-order valence-corrected chi connectivity index (χ0v) is 14.9. The van der Waals surface area contributed by atoms with Crippen molar-refractivity contribution in [1.29, 1.82) is 0 Å². The molecule has 0 amide bonds. The van der Waals surface area contributed by atoms with Gasteiger partial charge in [-0.25, -0.2) is 4.39 Å². The molecule has 1 spiro atoms. The lowest BCUT2D eigenvalue weighted by Gasteiger charge is -2.33. The quantitative estimate of drug-likeness (QED) is 0.663. The number of aliphatic imine (C=N–C) groups is 1. The standard InChI is InChI=1S/C15H17BrClFN2S/c1-9-3-2-4-15(7-9)8-21-14(20-15)19-13-11(16)5-10(18)6-12(13)17/h5-6,9H,2-4,7-8H2,1H3,(H,19,20). The van der Waals surface area contributed by atoms with Gasteiger partial charge in [0.05, 0.1) is 16.2 Å². The second kappa shape index (κ2) is 6.09. The number of benzene rings is 1. The lowest BCUT2D eigenvalue weighted by Crippen LogP contribution is -2.33. The van der Waals surface area contributed by atoms with Crippen LogP contribution in [-0.4, -0.2) is 16.5 Å². The van der Waals surface area contributed by atoms with E-state index in [1.165, 1.54) is 25.0 Å². The molecule has 0 bridgehead atoms. The van der Waals surface area contributed by atoms with Crippen molar-refractivity contribution in [2.75, 3.05) is 11.1 Å². The van der Waals surface area contributed by atoms with Crippen molar-refractivity contribution in [2.24, 2.45) is 10.9 Å². The number of thioether (sulfide) groups is 1. The summed E-state index contributed by atoms with van der Waals surface area (Å²) in [5.74, 6) is 1.41. The van der Waals surface area contributed by atoms with Crippen molar-refractivity contribution in [3.8, 4) is 0 Å². The fraction of sp³-hybridized carbons (Fsp3) is 0.533. The Morgan fingerprint density at radius 2 is 2.33 bits per heavy atom. The van der Waals surface area contributed by atoms with Crippen LogP contribution in [0, 0.1) is 11.7 Å². The number of hydrogen-bond donors (Lipinski definition) is 1. The molecule has 6 heteroatoms. The van der Waals surface area contributed by atoms with Crippen LogP contribution in [0.5, 0.6) is 0 Å². The molecule has 2 nitrogen and oxygen atoms in total. The Morgan fingerprint density at radius 3 is 3.05 bits per heavy atom. The van der Waals surface area contributed by atoms with Gasteiger partial charge in [-0.1, -0.05) is 43.1 Å². The zero-order chi connectivity index (χ0) is 15.0. The summed E-state index contributed by atoms with van der Waals surface area (Å²) >= 11 is 11.2. The van der Waals surface area contributed by atoms with Crippen molar-refractivity contribution < 1.29 is 4.39 Å². The van der Waals surface area contributed by atoms with Gasteiger partial charge in [0, 0.05) is 10.2 Å². The van der Waals surface area contributed by atoms with E-state index in [2.05, 4.69) is 28.2 Å². The van der Waals surface area contributed by atoms with Crippen molar-refractivity contribution in [1.82, 2.24) is 0 Å². The molecule has 0 radical (unpaired) electrons. The molecule has 1 aromatic rings. The Bertz CT molecular complexity index is 572. The summed E-state index contributed by atoms with van der Waals surface area (Å²) in [5, 5.41) is 4.51. The van der Waals surface area contributed by atoms with E-state index in [9.17, 15) is 4.39 Å². The second-order valence-corrected chi connectivity index (χ2v) is 8.23. The number of amidine groups is 1. The molecule has 1 aliphatic heterocycles. The van der Waals surface area contributed by atoms with Gasteiger partial charge < -0.3 is 5.32 Å². The first kappa shape index (κ1) is 15.6. The smallest absolute Gasteiger partial charge is 0.161 e. The third-order valence-corrected chi connectivity index (χ3v) is 6.19. The third-order valence-electron chi connectivity index (χ3n) is 4.12. The maximum Gasteiger partial charge on any atom is 0.161 e. The largest absolute Gasteiger partial charge is 0.333 e. The summed E-state index contributed by atoms with van der Waals surface area (Å²) in [6.45, 7) is 2.31. The highest BCUT2D eigenvalue weighted by molar-refractivity contribution is 9.10. The fourth-order valence-corrected chi connectivity index (χ4v) is 5.24. The summed E-state index contributed by atoms with van der Waals surface area (Å²) in [5.41, 5.74) is 0.772. The first-order chi connectivity index (χ1) is 9.97. The van der Waals surface area contributed by atoms with Crippen LogP contribution in [0.3, 0.4) is 0 Å². The molecule has 2 unspecified atom stereocenters. The second-order valence-electron chi connectivity index (χ2n) is 6.00. The molecule has 1 aromatic carbocycles. The van der Waals surface area contributed by atoms with Crippen LogP contribution in [0.15, 0.2) is 21.6 Å². The van der Waals surface area contributed by atoms with Crippen LogP contribution < -0.4 is 5.32 Å². The number of halogens is 3. The molecule has 2 atom stereocenters. The van der Waals surface area contributed by atoms with E-state index in [-0.39, 0.29) is 11.4 Å². The summed E-state index contributed by atoms with van der Waals surface area (Å²) in [6.07, 6.45) is 4.87. The lowest BCUT2D eigenvalue weighted by molar-refractivity contribution is 0.266. The van der Waals surface area contributed by atoms with E-state index in [4.69, 9.17) is 16.6 Å². The third kappa shape index (κ3) is 3.40. The molecule has 1 aliphatic carbocycles. The normalized spacial score (nSPS) is 28.8. The molecule has 0 aromatic heterocycles. The van der Waals surface area contributed by atoms with Crippen LogP contribution in [0.1, 0.15) is 32.6 Å². The first-order valence-corrected chi connectivity index (χ1v) is 9.27. The maximum atomic E-state index is 13.3. The van der Waals surface area contributed by atoms with Gasteiger partial charge in [0.15, 0.2) is 5.17 Å². The Balaban J connectivity index is 1.80. The van der Waals surface area contributed by atoms with Gasteiger partial charge in [0.25, 0.3) is 0 Å². The van der Waals surface area contributed by atoms with Gasteiger partial charge in [-0.3, -0.25) is 4.99 Å². The Morgan fingerprint density at radius 1 is 1.52 bits per heavy atom. The Labute approximate surface area is 142 Å². The van der Waals surface area contributed by atoms with E-state index in [1.807, 2.05) is 0 Å². The van der Waals surface area contributed by atoms with Crippen LogP contribution in [0.25, 0.3) is 0 Å².